The lowest BCUT2D eigenvalue weighted by Crippen LogP contribution is -2.25. The highest BCUT2D eigenvalue weighted by Gasteiger charge is 2.24. The first kappa shape index (κ1) is 9.84. The summed E-state index contributed by atoms with van der Waals surface area (Å²) in [5, 5.41) is 4.23. The van der Waals surface area contributed by atoms with E-state index in [0.29, 0.717) is 11.3 Å². The summed E-state index contributed by atoms with van der Waals surface area (Å²) in [6, 6.07) is 4.67. The zero-order valence-electron chi connectivity index (χ0n) is 8.66. The first-order chi connectivity index (χ1) is 6.77. The molecule has 1 saturated heterocycles. The van der Waals surface area contributed by atoms with Gasteiger partial charge in [-0.2, -0.15) is 11.8 Å². The topological polar surface area (TPSA) is 24.9 Å². The van der Waals surface area contributed by atoms with Crippen molar-refractivity contribution in [3.8, 4) is 0 Å². The van der Waals surface area contributed by atoms with Crippen molar-refractivity contribution in [3.63, 3.8) is 0 Å². The molecule has 1 aliphatic rings. The second-order valence-corrected chi connectivity index (χ2v) is 5.27. The minimum Gasteiger partial charge on any atom is -0.366 e. The van der Waals surface area contributed by atoms with E-state index in [1.807, 2.05) is 24.0 Å². The Hall–Kier alpha value is -0.700. The average molecular weight is 208 g/mol. The van der Waals surface area contributed by atoms with Gasteiger partial charge in [0.25, 0.3) is 0 Å². The predicted octanol–water partition coefficient (Wildman–Crippen LogP) is 2.70. The third kappa shape index (κ3) is 2.03. The van der Waals surface area contributed by atoms with E-state index in [-0.39, 0.29) is 0 Å². The van der Waals surface area contributed by atoms with E-state index in [2.05, 4.69) is 30.2 Å². The van der Waals surface area contributed by atoms with Crippen LogP contribution in [0.15, 0.2) is 18.3 Å². The number of aryl methyl sites for hydroxylation is 1. The van der Waals surface area contributed by atoms with Crippen molar-refractivity contribution in [2.75, 3.05) is 11.1 Å². The molecule has 1 N–H and O–H groups in total. The molecule has 0 bridgehead atoms. The molecule has 0 aliphatic carbocycles. The number of rotatable bonds is 2. The molecule has 0 saturated carbocycles. The molecule has 0 radical (unpaired) electrons. The van der Waals surface area contributed by atoms with Crippen molar-refractivity contribution >= 4 is 17.6 Å². The largest absolute Gasteiger partial charge is 0.366 e. The minimum absolute atomic E-state index is 0.591. The highest BCUT2D eigenvalue weighted by atomic mass is 32.2. The molecule has 2 heterocycles. The van der Waals surface area contributed by atoms with Gasteiger partial charge in [0.1, 0.15) is 5.82 Å². The van der Waals surface area contributed by atoms with E-state index in [1.165, 1.54) is 17.7 Å². The number of anilines is 1. The molecule has 1 aromatic heterocycles. The Morgan fingerprint density at radius 3 is 3.07 bits per heavy atom. The Morgan fingerprint density at radius 2 is 2.43 bits per heavy atom. The Bertz CT molecular complexity index is 314. The van der Waals surface area contributed by atoms with Gasteiger partial charge in [0.15, 0.2) is 0 Å². The van der Waals surface area contributed by atoms with Gasteiger partial charge in [-0.1, -0.05) is 13.0 Å². The molecule has 1 fully saturated rings. The van der Waals surface area contributed by atoms with Gasteiger partial charge in [-0.05, 0) is 30.7 Å². The van der Waals surface area contributed by atoms with Crippen LogP contribution in [-0.2, 0) is 0 Å². The molecular weight excluding hydrogens is 192 g/mol. The van der Waals surface area contributed by atoms with E-state index in [9.17, 15) is 0 Å². The molecule has 76 valence electrons. The normalized spacial score (nSPS) is 26.4. The summed E-state index contributed by atoms with van der Waals surface area (Å²) in [4.78, 5) is 4.36. The first-order valence-electron chi connectivity index (χ1n) is 5.07. The van der Waals surface area contributed by atoms with Crippen molar-refractivity contribution in [3.05, 3.63) is 23.9 Å². The number of nitrogens with one attached hydrogen (secondary N) is 1. The Morgan fingerprint density at radius 1 is 1.57 bits per heavy atom. The number of thioether (sulfide) groups is 1. The molecule has 2 atom stereocenters. The van der Waals surface area contributed by atoms with Crippen molar-refractivity contribution in [1.29, 1.82) is 0 Å². The molecule has 0 spiro atoms. The molecule has 2 rings (SSSR count). The Labute approximate surface area is 89.5 Å². The summed E-state index contributed by atoms with van der Waals surface area (Å²) >= 11 is 2.04. The average Bonchev–Trinajstić information content (AvgIpc) is 2.56. The Balaban J connectivity index is 2.07. The predicted molar refractivity (Wildman–Crippen MR) is 62.9 cm³/mol. The lowest BCUT2D eigenvalue weighted by Gasteiger charge is -2.18. The molecule has 14 heavy (non-hydrogen) atoms. The van der Waals surface area contributed by atoms with Crippen molar-refractivity contribution in [2.24, 2.45) is 0 Å². The third-order valence-corrected chi connectivity index (χ3v) is 4.03. The lowest BCUT2D eigenvalue weighted by atomic mass is 10.1. The molecule has 2 nitrogen and oxygen atoms in total. The fourth-order valence-electron chi connectivity index (χ4n) is 1.73. The van der Waals surface area contributed by atoms with Crippen LogP contribution in [0.5, 0.6) is 0 Å². The molecule has 1 aliphatic heterocycles. The van der Waals surface area contributed by atoms with Gasteiger partial charge in [0, 0.05) is 17.5 Å². The van der Waals surface area contributed by atoms with Crippen LogP contribution in [0.2, 0.25) is 0 Å². The van der Waals surface area contributed by atoms with Gasteiger partial charge >= 0.3 is 0 Å². The van der Waals surface area contributed by atoms with Crippen LogP contribution in [-0.4, -0.2) is 22.0 Å². The summed E-state index contributed by atoms with van der Waals surface area (Å²) in [5.74, 6) is 2.32. The van der Waals surface area contributed by atoms with E-state index in [0.717, 1.165) is 5.82 Å². The van der Waals surface area contributed by atoms with E-state index in [4.69, 9.17) is 0 Å². The summed E-state index contributed by atoms with van der Waals surface area (Å²) < 4.78 is 0. The Kier molecular flexibility index (Phi) is 2.96. The summed E-state index contributed by atoms with van der Waals surface area (Å²) in [5.41, 5.74) is 1.23. The van der Waals surface area contributed by atoms with Crippen molar-refractivity contribution in [1.82, 2.24) is 4.98 Å². The van der Waals surface area contributed by atoms with Crippen LogP contribution < -0.4 is 5.32 Å². The lowest BCUT2D eigenvalue weighted by molar-refractivity contribution is 0.719. The summed E-state index contributed by atoms with van der Waals surface area (Å²) in [7, 11) is 0. The van der Waals surface area contributed by atoms with Crippen LogP contribution in [0.1, 0.15) is 18.9 Å². The minimum atomic E-state index is 0.591. The van der Waals surface area contributed by atoms with Gasteiger partial charge in [-0.25, -0.2) is 4.98 Å². The fraction of sp³-hybridized carbons (Fsp3) is 0.545. The number of hydrogen-bond acceptors (Lipinski definition) is 3. The maximum absolute atomic E-state index is 4.36. The monoisotopic (exact) mass is 208 g/mol. The molecule has 1 aromatic rings. The van der Waals surface area contributed by atoms with Crippen molar-refractivity contribution in [2.45, 2.75) is 31.6 Å². The van der Waals surface area contributed by atoms with Crippen LogP contribution in [0.25, 0.3) is 0 Å². The highest BCUT2D eigenvalue weighted by molar-refractivity contribution is 8.00. The quantitative estimate of drug-likeness (QED) is 0.809. The standard InChI is InChI=1S/C11H16N2S/c1-8-4-3-6-12-11(8)13-10-5-7-14-9(10)2/h3-4,6,9-10H,5,7H2,1-2H3,(H,12,13). The maximum Gasteiger partial charge on any atom is 0.129 e. The fourth-order valence-corrected chi connectivity index (χ4v) is 2.93. The molecule has 2 unspecified atom stereocenters. The van der Waals surface area contributed by atoms with Gasteiger partial charge in [0.2, 0.25) is 0 Å². The van der Waals surface area contributed by atoms with Gasteiger partial charge in [0.05, 0.1) is 0 Å². The molecular formula is C11H16N2S. The molecule has 0 amide bonds. The number of aromatic nitrogens is 1. The second kappa shape index (κ2) is 4.22. The van der Waals surface area contributed by atoms with Crippen LogP contribution in [0.4, 0.5) is 5.82 Å². The van der Waals surface area contributed by atoms with Gasteiger partial charge in [-0.15, -0.1) is 0 Å². The van der Waals surface area contributed by atoms with E-state index in [1.54, 1.807) is 0 Å². The number of hydrogen-bond donors (Lipinski definition) is 1. The zero-order chi connectivity index (χ0) is 9.97. The van der Waals surface area contributed by atoms with E-state index >= 15 is 0 Å². The van der Waals surface area contributed by atoms with Gasteiger partial charge < -0.3 is 5.32 Å². The second-order valence-electron chi connectivity index (χ2n) is 3.78. The number of nitrogens with zero attached hydrogens (tertiary/aromatic N) is 1. The van der Waals surface area contributed by atoms with Crippen LogP contribution in [0.3, 0.4) is 0 Å². The van der Waals surface area contributed by atoms with Gasteiger partial charge in [-0.3, -0.25) is 0 Å². The third-order valence-electron chi connectivity index (χ3n) is 2.71. The van der Waals surface area contributed by atoms with Crippen LogP contribution in [0, 0.1) is 6.92 Å². The maximum atomic E-state index is 4.36. The smallest absolute Gasteiger partial charge is 0.129 e. The summed E-state index contributed by atoms with van der Waals surface area (Å²) in [6.07, 6.45) is 3.10. The first-order valence-corrected chi connectivity index (χ1v) is 6.12. The van der Waals surface area contributed by atoms with E-state index < -0.39 is 0 Å². The summed E-state index contributed by atoms with van der Waals surface area (Å²) in [6.45, 7) is 4.38. The van der Waals surface area contributed by atoms with Crippen LogP contribution >= 0.6 is 11.8 Å². The highest BCUT2D eigenvalue weighted by Crippen LogP contribution is 2.28. The van der Waals surface area contributed by atoms with Crippen molar-refractivity contribution < 1.29 is 0 Å². The molecule has 0 aromatic carbocycles. The molecule has 3 heteroatoms. The zero-order valence-corrected chi connectivity index (χ0v) is 9.47. The number of pyridine rings is 1. The SMILES string of the molecule is Cc1cccnc1NC1CCSC1C.